The fraction of sp³-hybridized carbons (Fsp3) is 0.448. The summed E-state index contributed by atoms with van der Waals surface area (Å²) in [7, 11) is 0. The van der Waals surface area contributed by atoms with E-state index in [0.717, 1.165) is 51.3 Å². The third-order valence-corrected chi connectivity index (χ3v) is 7.62. The molecule has 3 heterocycles. The first-order valence-corrected chi connectivity index (χ1v) is 12.9. The minimum atomic E-state index is 0.0129. The quantitative estimate of drug-likeness (QED) is 0.443. The Labute approximate surface area is 207 Å². The van der Waals surface area contributed by atoms with E-state index in [4.69, 9.17) is 10.00 Å². The van der Waals surface area contributed by atoms with Gasteiger partial charge in [-0.1, -0.05) is 6.07 Å². The van der Waals surface area contributed by atoms with Crippen LogP contribution in [0.4, 0.5) is 0 Å². The van der Waals surface area contributed by atoms with Gasteiger partial charge in [0.25, 0.3) is 5.91 Å². The van der Waals surface area contributed by atoms with E-state index in [1.807, 2.05) is 4.90 Å². The van der Waals surface area contributed by atoms with E-state index in [2.05, 4.69) is 52.9 Å². The molecule has 0 unspecified atom stereocenters. The lowest BCUT2D eigenvalue weighted by atomic mass is 10.0. The highest BCUT2D eigenvalue weighted by Gasteiger charge is 2.25. The number of nitrogens with zero attached hydrogens (tertiary/aromatic N) is 4. The van der Waals surface area contributed by atoms with E-state index in [1.165, 1.54) is 30.3 Å². The number of hydrogen-bond donors (Lipinski definition) is 0. The number of ether oxygens (including phenoxy) is 1. The van der Waals surface area contributed by atoms with Crippen molar-refractivity contribution in [3.63, 3.8) is 0 Å². The molecule has 2 saturated heterocycles. The van der Waals surface area contributed by atoms with Gasteiger partial charge in [-0.3, -0.25) is 4.79 Å². The first kappa shape index (κ1) is 23.4. The molecule has 2 aliphatic rings. The zero-order valence-electron chi connectivity index (χ0n) is 20.5. The van der Waals surface area contributed by atoms with Crippen LogP contribution in [0, 0.1) is 11.3 Å². The third kappa shape index (κ3) is 5.21. The van der Waals surface area contributed by atoms with Gasteiger partial charge >= 0.3 is 0 Å². The highest BCUT2D eigenvalue weighted by Crippen LogP contribution is 2.30. The number of likely N-dealkylation sites (tertiary alicyclic amines) is 2. The Morgan fingerprint density at radius 1 is 1.09 bits per heavy atom. The normalized spacial score (nSPS) is 19.2. The third-order valence-electron chi connectivity index (χ3n) is 7.62. The molecule has 0 aliphatic carbocycles. The molecule has 1 atom stereocenters. The summed E-state index contributed by atoms with van der Waals surface area (Å²) < 4.78 is 8.42. The van der Waals surface area contributed by atoms with Gasteiger partial charge in [0.1, 0.15) is 5.75 Å². The van der Waals surface area contributed by atoms with Crippen molar-refractivity contribution in [3.05, 3.63) is 65.9 Å². The smallest absolute Gasteiger partial charge is 0.253 e. The maximum absolute atomic E-state index is 12.9. The number of benzene rings is 2. The number of carbonyl (C=O) groups excluding carboxylic acids is 1. The van der Waals surface area contributed by atoms with Crippen LogP contribution in [0.5, 0.6) is 5.75 Å². The van der Waals surface area contributed by atoms with E-state index in [9.17, 15) is 4.79 Å². The Bertz CT molecular complexity index is 1220. The molecule has 0 saturated carbocycles. The summed E-state index contributed by atoms with van der Waals surface area (Å²) >= 11 is 0. The molecule has 182 valence electrons. The second-order valence-corrected chi connectivity index (χ2v) is 9.89. The van der Waals surface area contributed by atoms with Crippen LogP contribution < -0.4 is 4.74 Å². The molecule has 2 aromatic carbocycles. The van der Waals surface area contributed by atoms with Gasteiger partial charge in [-0.2, -0.15) is 5.26 Å². The number of hydrogen-bond acceptors (Lipinski definition) is 4. The molecular weight excluding hydrogens is 436 g/mol. The molecule has 0 radical (unpaired) electrons. The molecule has 2 aliphatic heterocycles. The second kappa shape index (κ2) is 10.5. The fourth-order valence-corrected chi connectivity index (χ4v) is 5.58. The Balaban J connectivity index is 1.16. The van der Waals surface area contributed by atoms with Crippen molar-refractivity contribution in [1.29, 1.82) is 5.26 Å². The van der Waals surface area contributed by atoms with Crippen molar-refractivity contribution in [2.24, 2.45) is 0 Å². The Morgan fingerprint density at radius 2 is 1.94 bits per heavy atom. The van der Waals surface area contributed by atoms with Crippen molar-refractivity contribution >= 4 is 16.8 Å². The molecule has 0 bridgehead atoms. The van der Waals surface area contributed by atoms with Crippen LogP contribution in [0.1, 0.15) is 61.0 Å². The van der Waals surface area contributed by atoms with Crippen LogP contribution in [0.2, 0.25) is 0 Å². The van der Waals surface area contributed by atoms with Crippen LogP contribution in [0.25, 0.3) is 10.9 Å². The first-order valence-electron chi connectivity index (χ1n) is 12.9. The number of nitriles is 1. The molecule has 1 aromatic heterocycles. The molecule has 6 nitrogen and oxygen atoms in total. The number of fused-ring (bicyclic) bond motifs is 1. The molecule has 1 amide bonds. The predicted octanol–water partition coefficient (Wildman–Crippen LogP) is 5.24. The zero-order chi connectivity index (χ0) is 24.2. The standard InChI is InChI=1S/C29H34N4O2/c1-22-5-3-13-31(22)14-4-18-35-27-8-9-28-24(20-27)10-17-33(28)26-11-15-32(16-12-26)29(34)25-7-2-6-23(19-25)21-30/h2,6-10,17,19-20,22,26H,3-5,11-16,18H2,1H3/t22-/m1/s1. The van der Waals surface area contributed by atoms with Crippen LogP contribution in [0.15, 0.2) is 54.7 Å². The number of aromatic nitrogens is 1. The first-order chi connectivity index (χ1) is 17.1. The van der Waals surface area contributed by atoms with Gasteiger partial charge in [0.15, 0.2) is 0 Å². The molecular formula is C29H34N4O2. The number of amides is 1. The lowest BCUT2D eigenvalue weighted by Crippen LogP contribution is -2.39. The van der Waals surface area contributed by atoms with Gasteiger partial charge in [0.05, 0.1) is 18.2 Å². The maximum Gasteiger partial charge on any atom is 0.253 e. The van der Waals surface area contributed by atoms with Crippen molar-refractivity contribution < 1.29 is 9.53 Å². The van der Waals surface area contributed by atoms with Crippen molar-refractivity contribution in [2.45, 2.75) is 51.1 Å². The molecule has 35 heavy (non-hydrogen) atoms. The van der Waals surface area contributed by atoms with Gasteiger partial charge in [-0.05, 0) is 88.0 Å². The van der Waals surface area contributed by atoms with Crippen molar-refractivity contribution in [2.75, 3.05) is 32.8 Å². The summed E-state index contributed by atoms with van der Waals surface area (Å²) in [6, 6.07) is 18.7. The summed E-state index contributed by atoms with van der Waals surface area (Å²) in [5.74, 6) is 0.948. The Morgan fingerprint density at radius 3 is 2.71 bits per heavy atom. The summed E-state index contributed by atoms with van der Waals surface area (Å²) in [6.45, 7) is 6.85. The summed E-state index contributed by atoms with van der Waals surface area (Å²) in [5, 5.41) is 10.3. The van der Waals surface area contributed by atoms with Crippen LogP contribution in [0.3, 0.4) is 0 Å². The minimum absolute atomic E-state index is 0.0129. The minimum Gasteiger partial charge on any atom is -0.494 e. The number of piperidine rings is 1. The van der Waals surface area contributed by atoms with Crippen LogP contribution >= 0.6 is 0 Å². The molecule has 6 heteroatoms. The summed E-state index contributed by atoms with van der Waals surface area (Å²) in [6.07, 6.45) is 7.70. The predicted molar refractivity (Wildman–Crippen MR) is 138 cm³/mol. The summed E-state index contributed by atoms with van der Waals surface area (Å²) in [4.78, 5) is 17.4. The van der Waals surface area contributed by atoms with E-state index >= 15 is 0 Å². The average Bonchev–Trinajstić information content (AvgIpc) is 3.51. The highest BCUT2D eigenvalue weighted by molar-refractivity contribution is 5.94. The molecule has 0 spiro atoms. The average molecular weight is 471 g/mol. The molecule has 3 aromatic rings. The van der Waals surface area contributed by atoms with E-state index in [1.54, 1.807) is 24.3 Å². The Kier molecular flexibility index (Phi) is 7.06. The van der Waals surface area contributed by atoms with Gasteiger partial charge < -0.3 is 19.1 Å². The lowest BCUT2D eigenvalue weighted by molar-refractivity contribution is 0.0696. The van der Waals surface area contributed by atoms with Gasteiger partial charge in [-0.15, -0.1) is 0 Å². The fourth-order valence-electron chi connectivity index (χ4n) is 5.58. The van der Waals surface area contributed by atoms with Crippen LogP contribution in [-0.2, 0) is 0 Å². The van der Waals surface area contributed by atoms with E-state index in [0.29, 0.717) is 23.2 Å². The number of carbonyl (C=O) groups is 1. The molecule has 0 N–H and O–H groups in total. The Hall–Kier alpha value is -3.30. The van der Waals surface area contributed by atoms with Crippen LogP contribution in [-0.4, -0.2) is 59.1 Å². The number of rotatable bonds is 7. The van der Waals surface area contributed by atoms with Gasteiger partial charge in [-0.25, -0.2) is 0 Å². The van der Waals surface area contributed by atoms with Crippen molar-refractivity contribution in [1.82, 2.24) is 14.4 Å². The molecule has 5 rings (SSSR count). The highest BCUT2D eigenvalue weighted by atomic mass is 16.5. The van der Waals surface area contributed by atoms with Gasteiger partial charge in [0.2, 0.25) is 0 Å². The summed E-state index contributed by atoms with van der Waals surface area (Å²) in [5.41, 5.74) is 2.33. The molecule has 2 fully saturated rings. The lowest BCUT2D eigenvalue weighted by Gasteiger charge is -2.33. The largest absolute Gasteiger partial charge is 0.494 e. The topological polar surface area (TPSA) is 61.5 Å². The maximum atomic E-state index is 12.9. The zero-order valence-corrected chi connectivity index (χ0v) is 20.5. The van der Waals surface area contributed by atoms with Crippen molar-refractivity contribution in [3.8, 4) is 11.8 Å². The van der Waals surface area contributed by atoms with E-state index < -0.39 is 0 Å². The van der Waals surface area contributed by atoms with Gasteiger partial charge in [0, 0.05) is 54.4 Å². The second-order valence-electron chi connectivity index (χ2n) is 9.89. The SMILES string of the molecule is C[C@@H]1CCCN1CCCOc1ccc2c(ccn2C2CCN(C(=O)c3cccc(C#N)c3)CC2)c1. The monoisotopic (exact) mass is 470 g/mol. The van der Waals surface area contributed by atoms with E-state index in [-0.39, 0.29) is 5.91 Å².